The molecule has 0 aliphatic rings. The Hall–Kier alpha value is -2.12. The predicted molar refractivity (Wildman–Crippen MR) is 73.6 cm³/mol. The second-order valence-electron chi connectivity index (χ2n) is 4.38. The first kappa shape index (κ1) is 16.9. The van der Waals surface area contributed by atoms with Crippen LogP contribution >= 0.6 is 0 Å². The Kier molecular flexibility index (Phi) is 6.64. The number of esters is 1. The Balaban J connectivity index is 2.56. The maximum absolute atomic E-state index is 10.9. The van der Waals surface area contributed by atoms with Crippen molar-refractivity contribution in [2.45, 2.75) is 19.1 Å². The Labute approximate surface area is 122 Å². The summed E-state index contributed by atoms with van der Waals surface area (Å²) in [6.07, 6.45) is -2.25. The molecule has 0 aliphatic heterocycles. The zero-order valence-corrected chi connectivity index (χ0v) is 11.9. The first-order valence-corrected chi connectivity index (χ1v) is 6.34. The largest absolute Gasteiger partial charge is 0.482 e. The first-order chi connectivity index (χ1) is 9.93. The summed E-state index contributed by atoms with van der Waals surface area (Å²) in [5.74, 6) is -0.342. The van der Waals surface area contributed by atoms with Crippen molar-refractivity contribution in [3.63, 3.8) is 0 Å². The Morgan fingerprint density at radius 2 is 1.86 bits per heavy atom. The molecule has 3 N–H and O–H groups in total. The quantitative estimate of drug-likeness (QED) is 0.600. The summed E-state index contributed by atoms with van der Waals surface area (Å²) in [6.45, 7) is 1.08. The van der Waals surface area contributed by atoms with Gasteiger partial charge in [-0.3, -0.25) is 4.79 Å². The van der Waals surface area contributed by atoms with E-state index in [9.17, 15) is 19.8 Å². The fourth-order valence-corrected chi connectivity index (χ4v) is 1.54. The highest BCUT2D eigenvalue weighted by Gasteiger charge is 2.18. The highest BCUT2D eigenvalue weighted by atomic mass is 16.6. The number of aliphatic hydroxyl groups is 2. The van der Waals surface area contributed by atoms with E-state index in [1.54, 1.807) is 24.3 Å². The molecule has 7 nitrogen and oxygen atoms in total. The van der Waals surface area contributed by atoms with E-state index in [0.29, 0.717) is 11.3 Å². The zero-order valence-electron chi connectivity index (χ0n) is 11.9. The molecule has 0 bridgehead atoms. The van der Waals surface area contributed by atoms with Crippen molar-refractivity contribution < 1.29 is 29.3 Å². The summed E-state index contributed by atoms with van der Waals surface area (Å²) in [5.41, 5.74) is 0.471. The van der Waals surface area contributed by atoms with E-state index < -0.39 is 18.2 Å². The molecule has 1 aromatic carbocycles. The van der Waals surface area contributed by atoms with Crippen LogP contribution in [0.15, 0.2) is 24.3 Å². The molecule has 0 saturated carbocycles. The lowest BCUT2D eigenvalue weighted by Crippen LogP contribution is -2.34. The highest BCUT2D eigenvalue weighted by molar-refractivity contribution is 5.72. The van der Waals surface area contributed by atoms with E-state index in [1.165, 1.54) is 14.0 Å². The van der Waals surface area contributed by atoms with Crippen molar-refractivity contribution in [1.82, 2.24) is 5.32 Å². The van der Waals surface area contributed by atoms with Crippen LogP contribution in [0.3, 0.4) is 0 Å². The second-order valence-corrected chi connectivity index (χ2v) is 4.38. The van der Waals surface area contributed by atoms with Crippen LogP contribution in [0.2, 0.25) is 0 Å². The average molecular weight is 297 g/mol. The van der Waals surface area contributed by atoms with Gasteiger partial charge in [0.25, 0.3) is 0 Å². The number of methoxy groups -OCH3 is 1. The van der Waals surface area contributed by atoms with Gasteiger partial charge in [-0.05, 0) is 17.7 Å². The summed E-state index contributed by atoms with van der Waals surface area (Å²) in [4.78, 5) is 21.7. The number of carbonyl (C=O) groups excluding carboxylic acids is 2. The minimum atomic E-state index is -1.13. The first-order valence-electron chi connectivity index (χ1n) is 6.34. The SMILES string of the molecule is COC(=O)COc1ccc(C(O)C(O)CNC(C)=O)cc1. The highest BCUT2D eigenvalue weighted by Crippen LogP contribution is 2.20. The molecule has 2 atom stereocenters. The summed E-state index contributed by atoms with van der Waals surface area (Å²) >= 11 is 0. The Bertz CT molecular complexity index is 473. The molecule has 7 heteroatoms. The van der Waals surface area contributed by atoms with Crippen LogP contribution < -0.4 is 10.1 Å². The molecule has 0 spiro atoms. The molecule has 2 unspecified atom stereocenters. The third-order valence-electron chi connectivity index (χ3n) is 2.73. The van der Waals surface area contributed by atoms with E-state index in [-0.39, 0.29) is 19.1 Å². The van der Waals surface area contributed by atoms with Crippen LogP contribution in [0, 0.1) is 0 Å². The topological polar surface area (TPSA) is 105 Å². The van der Waals surface area contributed by atoms with Gasteiger partial charge in [-0.1, -0.05) is 12.1 Å². The summed E-state index contributed by atoms with van der Waals surface area (Å²) in [7, 11) is 1.27. The normalized spacial score (nSPS) is 13.1. The minimum Gasteiger partial charge on any atom is -0.482 e. The Morgan fingerprint density at radius 3 is 2.38 bits per heavy atom. The molecule has 1 amide bonds. The van der Waals surface area contributed by atoms with Crippen molar-refractivity contribution >= 4 is 11.9 Å². The van der Waals surface area contributed by atoms with Gasteiger partial charge in [-0.25, -0.2) is 4.79 Å². The number of carbonyl (C=O) groups is 2. The number of amides is 1. The van der Waals surface area contributed by atoms with Crippen molar-refractivity contribution in [2.75, 3.05) is 20.3 Å². The van der Waals surface area contributed by atoms with Crippen molar-refractivity contribution in [3.8, 4) is 5.75 Å². The van der Waals surface area contributed by atoms with E-state index in [4.69, 9.17) is 4.74 Å². The van der Waals surface area contributed by atoms with Crippen molar-refractivity contribution in [1.29, 1.82) is 0 Å². The molecule has 21 heavy (non-hydrogen) atoms. The van der Waals surface area contributed by atoms with Gasteiger partial charge in [0.05, 0.1) is 7.11 Å². The second kappa shape index (κ2) is 8.23. The molecule has 0 radical (unpaired) electrons. The molecule has 0 fully saturated rings. The molecule has 1 rings (SSSR count). The number of rotatable bonds is 7. The maximum atomic E-state index is 10.9. The number of nitrogens with one attached hydrogen (secondary N) is 1. The van der Waals surface area contributed by atoms with Gasteiger partial charge in [0.15, 0.2) is 6.61 Å². The predicted octanol–water partition coefficient (Wildman–Crippen LogP) is -0.231. The average Bonchev–Trinajstić information content (AvgIpc) is 2.49. The lowest BCUT2D eigenvalue weighted by Gasteiger charge is -2.18. The van der Waals surface area contributed by atoms with Crippen LogP contribution in [0.1, 0.15) is 18.6 Å². The molecule has 0 aliphatic carbocycles. The molecule has 116 valence electrons. The van der Waals surface area contributed by atoms with Gasteiger partial charge in [0.2, 0.25) is 5.91 Å². The molecular weight excluding hydrogens is 278 g/mol. The van der Waals surface area contributed by atoms with Crippen LogP contribution in [0.25, 0.3) is 0 Å². The van der Waals surface area contributed by atoms with Gasteiger partial charge in [0, 0.05) is 13.5 Å². The van der Waals surface area contributed by atoms with Crippen molar-refractivity contribution in [3.05, 3.63) is 29.8 Å². The third-order valence-corrected chi connectivity index (χ3v) is 2.73. The Morgan fingerprint density at radius 1 is 1.24 bits per heavy atom. The molecule has 1 aromatic rings. The van der Waals surface area contributed by atoms with Gasteiger partial charge in [-0.15, -0.1) is 0 Å². The molecule has 0 heterocycles. The molecule has 0 aromatic heterocycles. The van der Waals surface area contributed by atoms with E-state index in [0.717, 1.165) is 0 Å². The van der Waals surface area contributed by atoms with Crippen LogP contribution in [0.5, 0.6) is 5.75 Å². The maximum Gasteiger partial charge on any atom is 0.343 e. The number of aliphatic hydroxyl groups excluding tert-OH is 2. The summed E-state index contributed by atoms with van der Waals surface area (Å²) in [5, 5.41) is 22.1. The monoisotopic (exact) mass is 297 g/mol. The smallest absolute Gasteiger partial charge is 0.343 e. The van der Waals surface area contributed by atoms with Gasteiger partial charge in [0.1, 0.15) is 18.0 Å². The number of ether oxygens (including phenoxy) is 2. The van der Waals surface area contributed by atoms with Gasteiger partial charge >= 0.3 is 5.97 Å². The number of hydrogen-bond donors (Lipinski definition) is 3. The lowest BCUT2D eigenvalue weighted by atomic mass is 10.0. The van der Waals surface area contributed by atoms with E-state index in [2.05, 4.69) is 10.1 Å². The fourth-order valence-electron chi connectivity index (χ4n) is 1.54. The summed E-state index contributed by atoms with van der Waals surface area (Å²) < 4.78 is 9.60. The molecule has 0 saturated heterocycles. The zero-order chi connectivity index (χ0) is 15.8. The van der Waals surface area contributed by atoms with Gasteiger partial charge < -0.3 is 25.0 Å². The van der Waals surface area contributed by atoms with Crippen LogP contribution in [0.4, 0.5) is 0 Å². The van der Waals surface area contributed by atoms with Crippen LogP contribution in [-0.2, 0) is 14.3 Å². The summed E-state index contributed by atoms with van der Waals surface area (Å²) in [6, 6.07) is 6.25. The molecular formula is C14H19NO6. The fraction of sp³-hybridized carbons (Fsp3) is 0.429. The van der Waals surface area contributed by atoms with E-state index >= 15 is 0 Å². The van der Waals surface area contributed by atoms with E-state index in [1.807, 2.05) is 0 Å². The number of benzene rings is 1. The number of hydrogen-bond acceptors (Lipinski definition) is 6. The minimum absolute atomic E-state index is 0.0446. The van der Waals surface area contributed by atoms with Crippen molar-refractivity contribution in [2.24, 2.45) is 0 Å². The van der Waals surface area contributed by atoms with Gasteiger partial charge in [-0.2, -0.15) is 0 Å². The third kappa shape index (κ3) is 5.80. The standard InChI is InChI=1S/C14H19NO6/c1-9(16)15-7-12(17)14(19)10-3-5-11(6-4-10)21-8-13(18)20-2/h3-6,12,14,17,19H,7-8H2,1-2H3,(H,15,16). The van der Waals surface area contributed by atoms with Crippen LogP contribution in [-0.4, -0.2) is 48.5 Å². The lowest BCUT2D eigenvalue weighted by molar-refractivity contribution is -0.142.